The summed E-state index contributed by atoms with van der Waals surface area (Å²) in [4.78, 5) is 24.8. The zero-order chi connectivity index (χ0) is 17.7. The predicted octanol–water partition coefficient (Wildman–Crippen LogP) is 1.62. The predicted molar refractivity (Wildman–Crippen MR) is 82.0 cm³/mol. The van der Waals surface area contributed by atoms with Gasteiger partial charge in [-0.2, -0.15) is 13.2 Å². The third-order valence-electron chi connectivity index (χ3n) is 3.92. The third kappa shape index (κ3) is 4.95. The van der Waals surface area contributed by atoms with Crippen molar-refractivity contribution in [2.75, 3.05) is 20.1 Å². The molecule has 1 aromatic carbocycles. The molecule has 8 heteroatoms. The number of rotatable bonds is 5. The van der Waals surface area contributed by atoms with E-state index in [1.54, 1.807) is 13.1 Å². The van der Waals surface area contributed by atoms with Crippen LogP contribution in [-0.4, -0.2) is 49.1 Å². The van der Waals surface area contributed by atoms with Gasteiger partial charge in [-0.25, -0.2) is 0 Å². The van der Waals surface area contributed by atoms with Gasteiger partial charge >= 0.3 is 6.18 Å². The van der Waals surface area contributed by atoms with E-state index >= 15 is 0 Å². The molecule has 0 bridgehead atoms. The zero-order valence-electron chi connectivity index (χ0n) is 13.3. The summed E-state index contributed by atoms with van der Waals surface area (Å²) in [6, 6.07) is 5.26. The number of hydrogen-bond acceptors (Lipinski definition) is 3. The molecular weight excluding hydrogens is 323 g/mol. The van der Waals surface area contributed by atoms with Crippen LogP contribution in [0.15, 0.2) is 30.3 Å². The number of nitrogens with one attached hydrogen (secondary N) is 2. The van der Waals surface area contributed by atoms with Gasteiger partial charge in [0.1, 0.15) is 6.04 Å². The van der Waals surface area contributed by atoms with Gasteiger partial charge in [0, 0.05) is 26.1 Å². The van der Waals surface area contributed by atoms with Gasteiger partial charge in [0.05, 0.1) is 6.54 Å². The largest absolute Gasteiger partial charge is 0.407 e. The van der Waals surface area contributed by atoms with E-state index in [1.165, 1.54) is 29.2 Å². The summed E-state index contributed by atoms with van der Waals surface area (Å²) in [5.74, 6) is -0.521. The molecule has 24 heavy (non-hydrogen) atoms. The second kappa shape index (κ2) is 7.65. The van der Waals surface area contributed by atoms with Crippen molar-refractivity contribution in [1.82, 2.24) is 15.5 Å². The highest BCUT2D eigenvalue weighted by Gasteiger charge is 2.40. The summed E-state index contributed by atoms with van der Waals surface area (Å²) in [5, 5.41) is 4.93. The van der Waals surface area contributed by atoms with E-state index in [2.05, 4.69) is 10.6 Å². The Balaban J connectivity index is 1.90. The van der Waals surface area contributed by atoms with Gasteiger partial charge in [0.25, 0.3) is 0 Å². The zero-order valence-corrected chi connectivity index (χ0v) is 13.3. The molecule has 1 heterocycles. The highest BCUT2D eigenvalue weighted by Crippen LogP contribution is 2.32. The average molecular weight is 343 g/mol. The number of piperidine rings is 1. The lowest BCUT2D eigenvalue weighted by Gasteiger charge is -2.30. The van der Waals surface area contributed by atoms with Gasteiger partial charge in [0.2, 0.25) is 11.8 Å². The average Bonchev–Trinajstić information content (AvgIpc) is 2.51. The quantitative estimate of drug-likeness (QED) is 0.854. The van der Waals surface area contributed by atoms with Gasteiger partial charge in [-0.05, 0) is 12.0 Å². The second-order valence-corrected chi connectivity index (χ2v) is 5.84. The molecule has 1 saturated heterocycles. The van der Waals surface area contributed by atoms with Crippen LogP contribution in [0.25, 0.3) is 0 Å². The summed E-state index contributed by atoms with van der Waals surface area (Å²) in [5.41, 5.74) is 0.0563. The number of amides is 2. The molecule has 2 atom stereocenters. The summed E-state index contributed by atoms with van der Waals surface area (Å²) in [6.45, 7) is -0.0841. The van der Waals surface area contributed by atoms with Crippen molar-refractivity contribution in [3.8, 4) is 0 Å². The standard InChI is InChI=1S/C16H20F3N3O2/c1-22-10-12(7-8-14(22)24)21-13(23)9-20-15(16(17,18)19)11-5-3-2-4-6-11/h2-6,12,15,20H,7-10H2,1H3,(H,21,23). The van der Waals surface area contributed by atoms with E-state index in [1.807, 2.05) is 0 Å². The fraction of sp³-hybridized carbons (Fsp3) is 0.500. The van der Waals surface area contributed by atoms with Crippen LogP contribution in [0.1, 0.15) is 24.4 Å². The molecule has 2 rings (SSSR count). The highest BCUT2D eigenvalue weighted by atomic mass is 19.4. The summed E-state index contributed by atoms with van der Waals surface area (Å²) >= 11 is 0. The first kappa shape index (κ1) is 18.3. The number of likely N-dealkylation sites (N-methyl/N-ethyl adjacent to an activating group) is 1. The lowest BCUT2D eigenvalue weighted by atomic mass is 10.1. The van der Waals surface area contributed by atoms with E-state index in [0.717, 1.165) is 0 Å². The van der Waals surface area contributed by atoms with Crippen molar-refractivity contribution in [2.24, 2.45) is 0 Å². The third-order valence-corrected chi connectivity index (χ3v) is 3.92. The molecule has 0 radical (unpaired) electrons. The molecule has 2 unspecified atom stereocenters. The molecule has 0 spiro atoms. The first-order valence-electron chi connectivity index (χ1n) is 7.65. The summed E-state index contributed by atoms with van der Waals surface area (Å²) < 4.78 is 39.5. The monoisotopic (exact) mass is 343 g/mol. The Morgan fingerprint density at radius 2 is 2.00 bits per heavy atom. The van der Waals surface area contributed by atoms with Crippen molar-refractivity contribution in [3.05, 3.63) is 35.9 Å². The molecule has 1 aliphatic heterocycles. The van der Waals surface area contributed by atoms with Crippen LogP contribution in [0.3, 0.4) is 0 Å². The van der Waals surface area contributed by atoms with Crippen LogP contribution in [0.4, 0.5) is 13.2 Å². The molecule has 2 N–H and O–H groups in total. The van der Waals surface area contributed by atoms with E-state index in [-0.39, 0.29) is 17.5 Å². The number of likely N-dealkylation sites (tertiary alicyclic amines) is 1. The Kier molecular flexibility index (Phi) is 5.82. The normalized spacial score (nSPS) is 19.9. The second-order valence-electron chi connectivity index (χ2n) is 5.84. The number of alkyl halides is 3. The van der Waals surface area contributed by atoms with E-state index < -0.39 is 24.7 Å². The topological polar surface area (TPSA) is 61.4 Å². The van der Waals surface area contributed by atoms with Crippen LogP contribution in [0.2, 0.25) is 0 Å². The van der Waals surface area contributed by atoms with E-state index in [9.17, 15) is 22.8 Å². The number of nitrogens with zero attached hydrogens (tertiary/aromatic N) is 1. The van der Waals surface area contributed by atoms with Gasteiger partial charge in [-0.1, -0.05) is 30.3 Å². The molecule has 0 saturated carbocycles. The van der Waals surface area contributed by atoms with Gasteiger partial charge in [-0.15, -0.1) is 0 Å². The molecular formula is C16H20F3N3O2. The summed E-state index contributed by atoms with van der Waals surface area (Å²) in [7, 11) is 1.63. The maximum Gasteiger partial charge on any atom is 0.407 e. The lowest BCUT2D eigenvalue weighted by molar-refractivity contribution is -0.158. The molecule has 0 aromatic heterocycles. The minimum absolute atomic E-state index is 0.000151. The Labute approximate surface area is 138 Å². The summed E-state index contributed by atoms with van der Waals surface area (Å²) in [6.07, 6.45) is -3.68. The molecule has 1 aliphatic rings. The molecule has 1 fully saturated rings. The maximum absolute atomic E-state index is 13.2. The van der Waals surface area contributed by atoms with Crippen molar-refractivity contribution in [3.63, 3.8) is 0 Å². The van der Waals surface area contributed by atoms with Gasteiger partial charge in [0.15, 0.2) is 0 Å². The number of halogens is 3. The molecule has 2 amide bonds. The highest BCUT2D eigenvalue weighted by molar-refractivity contribution is 5.80. The first-order chi connectivity index (χ1) is 11.3. The van der Waals surface area contributed by atoms with Crippen molar-refractivity contribution in [1.29, 1.82) is 0 Å². The molecule has 5 nitrogen and oxygen atoms in total. The fourth-order valence-electron chi connectivity index (χ4n) is 2.67. The van der Waals surface area contributed by atoms with Crippen LogP contribution in [0.5, 0.6) is 0 Å². The maximum atomic E-state index is 13.2. The van der Waals surface area contributed by atoms with Crippen molar-refractivity contribution < 1.29 is 22.8 Å². The Hall–Kier alpha value is -2.09. The number of benzene rings is 1. The van der Waals surface area contributed by atoms with Crippen LogP contribution >= 0.6 is 0 Å². The Bertz CT molecular complexity index is 578. The molecule has 1 aromatic rings. The van der Waals surface area contributed by atoms with Crippen LogP contribution in [0, 0.1) is 0 Å². The van der Waals surface area contributed by atoms with E-state index in [4.69, 9.17) is 0 Å². The van der Waals surface area contributed by atoms with Crippen molar-refractivity contribution in [2.45, 2.75) is 31.1 Å². The molecule has 132 valence electrons. The van der Waals surface area contributed by atoms with Crippen LogP contribution in [-0.2, 0) is 9.59 Å². The van der Waals surface area contributed by atoms with Gasteiger partial charge < -0.3 is 10.2 Å². The SMILES string of the molecule is CN1CC(NC(=O)CNC(c2ccccc2)C(F)(F)F)CCC1=O. The number of carbonyl (C=O) groups is 2. The first-order valence-corrected chi connectivity index (χ1v) is 7.65. The van der Waals surface area contributed by atoms with Crippen molar-refractivity contribution >= 4 is 11.8 Å². The fourth-order valence-corrected chi connectivity index (χ4v) is 2.67. The smallest absolute Gasteiger partial charge is 0.350 e. The lowest BCUT2D eigenvalue weighted by Crippen LogP contribution is -2.51. The van der Waals surface area contributed by atoms with E-state index in [0.29, 0.717) is 19.4 Å². The number of hydrogen-bond donors (Lipinski definition) is 2. The Morgan fingerprint density at radius 1 is 1.33 bits per heavy atom. The van der Waals surface area contributed by atoms with Gasteiger partial charge in [-0.3, -0.25) is 14.9 Å². The Morgan fingerprint density at radius 3 is 2.58 bits per heavy atom. The number of carbonyl (C=O) groups excluding carboxylic acids is 2. The molecule has 0 aliphatic carbocycles. The minimum atomic E-state index is -4.50. The van der Waals surface area contributed by atoms with Crippen LogP contribution < -0.4 is 10.6 Å². The minimum Gasteiger partial charge on any atom is -0.350 e.